The van der Waals surface area contributed by atoms with Gasteiger partial charge in [0.15, 0.2) is 18.5 Å². The second kappa shape index (κ2) is 10.5. The molecule has 1 saturated heterocycles. The third-order valence-corrected chi connectivity index (χ3v) is 6.46. The SMILES string of the molecule is CO[C@H]1O[C@@H](CO)[C@@H](O)[C@H](OC(=O)c2ccc([N+](=O)[O-])cc2)[C@H]1OS(=O)(=O)c1ccc(C)cc1. The number of aliphatic hydroxyl groups is 2. The summed E-state index contributed by atoms with van der Waals surface area (Å²) in [5.41, 5.74) is 0.456. The molecule has 0 radical (unpaired) electrons. The van der Waals surface area contributed by atoms with E-state index in [9.17, 15) is 33.5 Å². The molecule has 13 heteroatoms. The van der Waals surface area contributed by atoms with Crippen LogP contribution in [-0.4, -0.2) is 73.9 Å². The van der Waals surface area contributed by atoms with Crippen LogP contribution in [0.4, 0.5) is 5.69 Å². The first-order valence-electron chi connectivity index (χ1n) is 10.00. The summed E-state index contributed by atoms with van der Waals surface area (Å²) in [5.74, 6) is -1.02. The topological polar surface area (TPSA) is 172 Å². The third-order valence-electron chi connectivity index (χ3n) is 5.14. The Hall–Kier alpha value is -2.94. The average molecular weight is 497 g/mol. The summed E-state index contributed by atoms with van der Waals surface area (Å²) in [5, 5.41) is 31.0. The Morgan fingerprint density at radius 1 is 1.12 bits per heavy atom. The molecule has 0 amide bonds. The van der Waals surface area contributed by atoms with Gasteiger partial charge in [-0.1, -0.05) is 17.7 Å². The number of ether oxygens (including phenoxy) is 3. The number of hydrogen-bond acceptors (Lipinski definition) is 11. The van der Waals surface area contributed by atoms with Crippen LogP contribution in [0.25, 0.3) is 0 Å². The van der Waals surface area contributed by atoms with Crippen molar-refractivity contribution in [1.82, 2.24) is 0 Å². The smallest absolute Gasteiger partial charge is 0.338 e. The maximum atomic E-state index is 12.9. The molecule has 1 fully saturated rings. The first-order chi connectivity index (χ1) is 16.1. The molecule has 12 nitrogen and oxygen atoms in total. The number of nitro benzene ring substituents is 1. The van der Waals surface area contributed by atoms with E-state index in [0.29, 0.717) is 0 Å². The van der Waals surface area contributed by atoms with Gasteiger partial charge in [0.05, 0.1) is 22.0 Å². The summed E-state index contributed by atoms with van der Waals surface area (Å²) >= 11 is 0. The largest absolute Gasteiger partial charge is 0.453 e. The van der Waals surface area contributed by atoms with Crippen molar-refractivity contribution in [3.8, 4) is 0 Å². The molecule has 184 valence electrons. The minimum atomic E-state index is -4.42. The fourth-order valence-electron chi connectivity index (χ4n) is 3.29. The van der Waals surface area contributed by atoms with E-state index in [0.717, 1.165) is 29.8 Å². The molecule has 0 bridgehead atoms. The molecule has 1 aliphatic rings. The van der Waals surface area contributed by atoms with E-state index >= 15 is 0 Å². The van der Waals surface area contributed by atoms with Crippen molar-refractivity contribution in [3.05, 3.63) is 69.8 Å². The second-order valence-corrected chi connectivity index (χ2v) is 9.03. The quantitative estimate of drug-likeness (QED) is 0.230. The molecular formula is C21H23NO11S. The van der Waals surface area contributed by atoms with Gasteiger partial charge in [-0.05, 0) is 31.2 Å². The molecule has 1 heterocycles. The number of aryl methyl sites for hydroxylation is 1. The van der Waals surface area contributed by atoms with Crippen molar-refractivity contribution in [2.45, 2.75) is 42.5 Å². The van der Waals surface area contributed by atoms with Gasteiger partial charge in [0, 0.05) is 19.2 Å². The zero-order valence-electron chi connectivity index (χ0n) is 18.1. The highest BCUT2D eigenvalue weighted by atomic mass is 32.2. The Kier molecular flexibility index (Phi) is 7.97. The van der Waals surface area contributed by atoms with E-state index < -0.39 is 58.3 Å². The van der Waals surface area contributed by atoms with Crippen molar-refractivity contribution in [2.75, 3.05) is 13.7 Å². The summed E-state index contributed by atoms with van der Waals surface area (Å²) in [6, 6.07) is 10.2. The number of nitrogens with zero attached hydrogens (tertiary/aromatic N) is 1. The molecule has 0 unspecified atom stereocenters. The molecule has 0 aliphatic carbocycles. The van der Waals surface area contributed by atoms with Gasteiger partial charge in [-0.3, -0.25) is 14.3 Å². The fourth-order valence-corrected chi connectivity index (χ4v) is 4.36. The Morgan fingerprint density at radius 2 is 1.74 bits per heavy atom. The lowest BCUT2D eigenvalue weighted by atomic mass is 9.99. The molecule has 1 aliphatic heterocycles. The lowest BCUT2D eigenvalue weighted by Crippen LogP contribution is -2.61. The van der Waals surface area contributed by atoms with Crippen LogP contribution < -0.4 is 0 Å². The van der Waals surface area contributed by atoms with E-state index in [1.807, 2.05) is 0 Å². The Bertz CT molecular complexity index is 1120. The molecule has 0 spiro atoms. The summed E-state index contributed by atoms with van der Waals surface area (Å²) < 4.78 is 46.9. The number of benzene rings is 2. The summed E-state index contributed by atoms with van der Waals surface area (Å²) in [6.45, 7) is 1.08. The minimum absolute atomic E-state index is 0.0982. The number of aliphatic hydroxyl groups excluding tert-OH is 2. The van der Waals surface area contributed by atoms with Gasteiger partial charge >= 0.3 is 5.97 Å². The van der Waals surface area contributed by atoms with Gasteiger partial charge in [-0.15, -0.1) is 0 Å². The predicted octanol–water partition coefficient (Wildman–Crippen LogP) is 0.927. The van der Waals surface area contributed by atoms with E-state index in [1.165, 1.54) is 19.2 Å². The highest BCUT2D eigenvalue weighted by molar-refractivity contribution is 7.86. The van der Waals surface area contributed by atoms with E-state index in [2.05, 4.69) is 0 Å². The lowest BCUT2D eigenvalue weighted by molar-refractivity contribution is -0.384. The Labute approximate surface area is 194 Å². The van der Waals surface area contributed by atoms with Crippen molar-refractivity contribution in [1.29, 1.82) is 0 Å². The van der Waals surface area contributed by atoms with Crippen LogP contribution in [0.15, 0.2) is 53.4 Å². The molecule has 2 aromatic carbocycles. The molecule has 0 saturated carbocycles. The van der Waals surface area contributed by atoms with Crippen LogP contribution in [0.1, 0.15) is 15.9 Å². The molecule has 2 aromatic rings. The first kappa shape index (κ1) is 25.7. The van der Waals surface area contributed by atoms with Crippen molar-refractivity contribution in [3.63, 3.8) is 0 Å². The molecule has 5 atom stereocenters. The van der Waals surface area contributed by atoms with E-state index in [-0.39, 0.29) is 16.1 Å². The van der Waals surface area contributed by atoms with Gasteiger partial charge < -0.3 is 24.4 Å². The normalized spacial score (nSPS) is 25.0. The van der Waals surface area contributed by atoms with Crippen molar-refractivity contribution >= 4 is 21.8 Å². The van der Waals surface area contributed by atoms with Crippen LogP contribution in [0.5, 0.6) is 0 Å². The van der Waals surface area contributed by atoms with Crippen molar-refractivity contribution < 1.29 is 46.7 Å². The van der Waals surface area contributed by atoms with Crippen LogP contribution >= 0.6 is 0 Å². The number of nitro groups is 1. The van der Waals surface area contributed by atoms with E-state index in [4.69, 9.17) is 18.4 Å². The molecule has 0 aromatic heterocycles. The number of esters is 1. The van der Waals surface area contributed by atoms with Gasteiger partial charge in [-0.2, -0.15) is 8.42 Å². The second-order valence-electron chi connectivity index (χ2n) is 7.45. The molecular weight excluding hydrogens is 474 g/mol. The summed E-state index contributed by atoms with van der Waals surface area (Å²) in [7, 11) is -3.23. The monoisotopic (exact) mass is 497 g/mol. The van der Waals surface area contributed by atoms with Crippen LogP contribution in [0.3, 0.4) is 0 Å². The van der Waals surface area contributed by atoms with Gasteiger partial charge in [0.1, 0.15) is 12.2 Å². The van der Waals surface area contributed by atoms with Crippen LogP contribution in [-0.2, 0) is 28.5 Å². The number of rotatable bonds is 8. The standard InChI is InChI=1S/C21H23NO11S/c1-12-3-9-15(10-4-12)34(28,29)33-19-18(17(24)16(11-23)31-21(19)30-2)32-20(25)13-5-7-14(8-6-13)22(26)27/h3-10,16-19,21,23-24H,11H2,1-2H3/t16-,17+,18-,19+,21-/m0/s1. The van der Waals surface area contributed by atoms with Crippen LogP contribution in [0, 0.1) is 17.0 Å². The summed E-state index contributed by atoms with van der Waals surface area (Å²) in [4.78, 5) is 22.7. The molecule has 3 rings (SSSR count). The third kappa shape index (κ3) is 5.58. The van der Waals surface area contributed by atoms with Gasteiger partial charge in [0.2, 0.25) is 0 Å². The summed E-state index contributed by atoms with van der Waals surface area (Å²) in [6.07, 6.45) is -7.68. The Balaban J connectivity index is 1.91. The maximum Gasteiger partial charge on any atom is 0.338 e. The lowest BCUT2D eigenvalue weighted by Gasteiger charge is -2.42. The fraction of sp³-hybridized carbons (Fsp3) is 0.381. The van der Waals surface area contributed by atoms with Crippen LogP contribution in [0.2, 0.25) is 0 Å². The van der Waals surface area contributed by atoms with Crippen molar-refractivity contribution in [2.24, 2.45) is 0 Å². The predicted molar refractivity (Wildman–Crippen MR) is 114 cm³/mol. The average Bonchev–Trinajstić information content (AvgIpc) is 2.81. The molecule has 2 N–H and O–H groups in total. The Morgan fingerprint density at radius 3 is 2.26 bits per heavy atom. The highest BCUT2D eigenvalue weighted by Crippen LogP contribution is 2.30. The zero-order valence-corrected chi connectivity index (χ0v) is 19.0. The number of carbonyl (C=O) groups is 1. The van der Waals surface area contributed by atoms with Gasteiger partial charge in [-0.25, -0.2) is 4.79 Å². The molecule has 34 heavy (non-hydrogen) atoms. The number of non-ortho nitro benzene ring substituents is 1. The maximum absolute atomic E-state index is 12.9. The first-order valence-corrected chi connectivity index (χ1v) is 11.4. The highest BCUT2D eigenvalue weighted by Gasteiger charge is 2.50. The number of carbonyl (C=O) groups excluding carboxylic acids is 1. The number of hydrogen-bond donors (Lipinski definition) is 2. The zero-order chi connectivity index (χ0) is 25.0. The minimum Gasteiger partial charge on any atom is -0.453 e. The van der Waals surface area contributed by atoms with E-state index in [1.54, 1.807) is 19.1 Å². The van der Waals surface area contributed by atoms with Gasteiger partial charge in [0.25, 0.3) is 15.8 Å². The number of methoxy groups -OCH3 is 1.